The molecule has 22 heavy (non-hydrogen) atoms. The molecule has 1 fully saturated rings. The molecule has 2 aromatic carbocycles. The number of hydrogen-bond donors (Lipinski definition) is 0. The van der Waals surface area contributed by atoms with E-state index in [1.54, 1.807) is 0 Å². The smallest absolute Gasteiger partial charge is 0.162 e. The van der Waals surface area contributed by atoms with E-state index >= 15 is 0 Å². The van der Waals surface area contributed by atoms with Gasteiger partial charge in [-0.1, -0.05) is 43.9 Å². The zero-order valence-electron chi connectivity index (χ0n) is 12.8. The minimum Gasteiger partial charge on any atom is -0.457 e. The maximum absolute atomic E-state index is 12.2. The standard InChI is InChI=1S/C20H22O2/c21-20(15-10-16-6-4-5-7-16)17-11-13-19(14-12-17)22-18-8-2-1-3-9-18/h1-3,8-9,11-14,16H,4-7,10,15H2. The van der Waals surface area contributed by atoms with E-state index in [4.69, 9.17) is 4.74 Å². The average molecular weight is 294 g/mol. The lowest BCUT2D eigenvalue weighted by Crippen LogP contribution is -2.02. The predicted octanol–water partition coefficient (Wildman–Crippen LogP) is 5.63. The van der Waals surface area contributed by atoms with Gasteiger partial charge in [0.25, 0.3) is 0 Å². The summed E-state index contributed by atoms with van der Waals surface area (Å²) in [4.78, 5) is 12.2. The lowest BCUT2D eigenvalue weighted by atomic mass is 9.97. The third kappa shape index (κ3) is 3.97. The monoisotopic (exact) mass is 294 g/mol. The predicted molar refractivity (Wildman–Crippen MR) is 88.5 cm³/mol. The Bertz CT molecular complexity index is 595. The van der Waals surface area contributed by atoms with Gasteiger partial charge < -0.3 is 4.74 Å². The molecule has 0 aliphatic heterocycles. The van der Waals surface area contributed by atoms with E-state index in [1.165, 1.54) is 25.7 Å². The number of hydrogen-bond acceptors (Lipinski definition) is 2. The molecule has 0 unspecified atom stereocenters. The second-order valence-electron chi connectivity index (χ2n) is 6.05. The van der Waals surface area contributed by atoms with E-state index in [9.17, 15) is 4.79 Å². The summed E-state index contributed by atoms with van der Waals surface area (Å²) in [5.41, 5.74) is 0.790. The minimum atomic E-state index is 0.248. The summed E-state index contributed by atoms with van der Waals surface area (Å²) < 4.78 is 5.74. The van der Waals surface area contributed by atoms with Gasteiger partial charge in [-0.3, -0.25) is 4.79 Å². The van der Waals surface area contributed by atoms with Crippen molar-refractivity contribution in [1.29, 1.82) is 0 Å². The molecule has 0 amide bonds. The Balaban J connectivity index is 1.55. The fourth-order valence-electron chi connectivity index (χ4n) is 3.11. The zero-order chi connectivity index (χ0) is 15.2. The molecule has 114 valence electrons. The SMILES string of the molecule is O=C(CCC1CCCC1)c1ccc(Oc2ccccc2)cc1. The highest BCUT2D eigenvalue weighted by atomic mass is 16.5. The highest BCUT2D eigenvalue weighted by Gasteiger charge is 2.16. The molecule has 1 aliphatic rings. The third-order valence-corrected chi connectivity index (χ3v) is 4.41. The van der Waals surface area contributed by atoms with E-state index in [0.717, 1.165) is 29.4 Å². The largest absolute Gasteiger partial charge is 0.457 e. The molecule has 2 heteroatoms. The highest BCUT2D eigenvalue weighted by Crippen LogP contribution is 2.29. The van der Waals surface area contributed by atoms with Crippen LogP contribution >= 0.6 is 0 Å². The summed E-state index contributed by atoms with van der Waals surface area (Å²) in [6.07, 6.45) is 6.99. The molecule has 0 saturated heterocycles. The van der Waals surface area contributed by atoms with Crippen molar-refractivity contribution in [3.05, 3.63) is 60.2 Å². The first-order chi connectivity index (χ1) is 10.8. The summed E-state index contributed by atoms with van der Waals surface area (Å²) in [5.74, 6) is 2.59. The van der Waals surface area contributed by atoms with Gasteiger partial charge in [0.05, 0.1) is 0 Å². The number of ketones is 1. The van der Waals surface area contributed by atoms with Crippen molar-refractivity contribution < 1.29 is 9.53 Å². The topological polar surface area (TPSA) is 26.3 Å². The molecular formula is C20H22O2. The first-order valence-electron chi connectivity index (χ1n) is 8.17. The average Bonchev–Trinajstić information content (AvgIpc) is 3.08. The molecule has 0 radical (unpaired) electrons. The lowest BCUT2D eigenvalue weighted by Gasteiger charge is -2.09. The van der Waals surface area contributed by atoms with Crippen molar-refractivity contribution in [3.8, 4) is 11.5 Å². The zero-order valence-corrected chi connectivity index (χ0v) is 12.8. The molecule has 3 rings (SSSR count). The van der Waals surface area contributed by atoms with E-state index in [1.807, 2.05) is 54.6 Å². The fourth-order valence-corrected chi connectivity index (χ4v) is 3.11. The van der Waals surface area contributed by atoms with Gasteiger partial charge in [-0.15, -0.1) is 0 Å². The van der Waals surface area contributed by atoms with E-state index in [-0.39, 0.29) is 5.78 Å². The van der Waals surface area contributed by atoms with Crippen LogP contribution in [0.5, 0.6) is 11.5 Å². The Morgan fingerprint density at radius 3 is 2.23 bits per heavy atom. The molecule has 0 aromatic heterocycles. The number of benzene rings is 2. The van der Waals surface area contributed by atoms with Gasteiger partial charge in [0.2, 0.25) is 0 Å². The molecule has 0 spiro atoms. The third-order valence-electron chi connectivity index (χ3n) is 4.41. The first-order valence-corrected chi connectivity index (χ1v) is 8.17. The number of para-hydroxylation sites is 1. The molecule has 0 bridgehead atoms. The van der Waals surface area contributed by atoms with Crippen LogP contribution < -0.4 is 4.74 Å². The van der Waals surface area contributed by atoms with Crippen molar-refractivity contribution in [2.45, 2.75) is 38.5 Å². The van der Waals surface area contributed by atoms with Crippen molar-refractivity contribution in [2.75, 3.05) is 0 Å². The molecule has 2 aromatic rings. The first kappa shape index (κ1) is 14.8. The van der Waals surface area contributed by atoms with E-state index in [2.05, 4.69) is 0 Å². The number of Topliss-reactive ketones (excluding diaryl/α,β-unsaturated/α-hetero) is 1. The van der Waals surface area contributed by atoms with Crippen LogP contribution in [-0.4, -0.2) is 5.78 Å². The Hall–Kier alpha value is -2.09. The molecule has 0 atom stereocenters. The molecule has 0 heterocycles. The van der Waals surface area contributed by atoms with Crippen LogP contribution in [0.25, 0.3) is 0 Å². The number of rotatable bonds is 6. The van der Waals surface area contributed by atoms with Crippen molar-refractivity contribution >= 4 is 5.78 Å². The summed E-state index contributed by atoms with van der Waals surface area (Å²) in [5, 5.41) is 0. The van der Waals surface area contributed by atoms with Gasteiger partial charge in [-0.25, -0.2) is 0 Å². The van der Waals surface area contributed by atoms with Crippen molar-refractivity contribution in [1.82, 2.24) is 0 Å². The normalized spacial score (nSPS) is 14.9. The number of carbonyl (C=O) groups is 1. The van der Waals surface area contributed by atoms with E-state index < -0.39 is 0 Å². The maximum Gasteiger partial charge on any atom is 0.162 e. The van der Waals surface area contributed by atoms with Crippen molar-refractivity contribution in [2.24, 2.45) is 5.92 Å². The van der Waals surface area contributed by atoms with Gasteiger partial charge in [-0.2, -0.15) is 0 Å². The fraction of sp³-hybridized carbons (Fsp3) is 0.350. The molecular weight excluding hydrogens is 272 g/mol. The highest BCUT2D eigenvalue weighted by molar-refractivity contribution is 5.96. The summed E-state index contributed by atoms with van der Waals surface area (Å²) in [6.45, 7) is 0. The summed E-state index contributed by atoms with van der Waals surface area (Å²) in [6, 6.07) is 17.2. The van der Waals surface area contributed by atoms with Gasteiger partial charge >= 0.3 is 0 Å². The Morgan fingerprint density at radius 1 is 0.909 bits per heavy atom. The molecule has 0 N–H and O–H groups in total. The molecule has 1 aliphatic carbocycles. The van der Waals surface area contributed by atoms with Crippen LogP contribution in [0.15, 0.2) is 54.6 Å². The van der Waals surface area contributed by atoms with Gasteiger partial charge in [0.1, 0.15) is 11.5 Å². The second kappa shape index (κ2) is 7.26. The Labute approximate surface area is 132 Å². The summed E-state index contributed by atoms with van der Waals surface area (Å²) >= 11 is 0. The maximum atomic E-state index is 12.2. The Morgan fingerprint density at radius 2 is 1.55 bits per heavy atom. The van der Waals surface area contributed by atoms with Gasteiger partial charge in [-0.05, 0) is 48.7 Å². The number of ether oxygens (including phenoxy) is 1. The van der Waals surface area contributed by atoms with E-state index in [0.29, 0.717) is 6.42 Å². The van der Waals surface area contributed by atoms with Gasteiger partial charge in [0, 0.05) is 12.0 Å². The van der Waals surface area contributed by atoms with Crippen LogP contribution in [-0.2, 0) is 0 Å². The summed E-state index contributed by atoms with van der Waals surface area (Å²) in [7, 11) is 0. The van der Waals surface area contributed by atoms with Crippen LogP contribution in [0.3, 0.4) is 0 Å². The lowest BCUT2D eigenvalue weighted by molar-refractivity contribution is 0.0974. The van der Waals surface area contributed by atoms with Gasteiger partial charge in [0.15, 0.2) is 5.78 Å². The number of carbonyl (C=O) groups excluding carboxylic acids is 1. The van der Waals surface area contributed by atoms with Crippen LogP contribution in [0, 0.1) is 5.92 Å². The van der Waals surface area contributed by atoms with Crippen molar-refractivity contribution in [3.63, 3.8) is 0 Å². The minimum absolute atomic E-state index is 0.248. The molecule has 1 saturated carbocycles. The van der Waals surface area contributed by atoms with Crippen LogP contribution in [0.2, 0.25) is 0 Å². The van der Waals surface area contributed by atoms with Crippen LogP contribution in [0.4, 0.5) is 0 Å². The molecule has 2 nitrogen and oxygen atoms in total. The second-order valence-corrected chi connectivity index (χ2v) is 6.05. The Kier molecular flexibility index (Phi) is 4.89. The van der Waals surface area contributed by atoms with Crippen LogP contribution in [0.1, 0.15) is 48.9 Å². The quantitative estimate of drug-likeness (QED) is 0.645.